The highest BCUT2D eigenvalue weighted by molar-refractivity contribution is 5.61. The van der Waals surface area contributed by atoms with E-state index < -0.39 is 0 Å². The van der Waals surface area contributed by atoms with Crippen LogP contribution < -0.4 is 19.7 Å². The lowest BCUT2D eigenvalue weighted by Crippen LogP contribution is -2.31. The number of nitriles is 1. The van der Waals surface area contributed by atoms with Crippen molar-refractivity contribution in [1.82, 2.24) is 9.97 Å². The van der Waals surface area contributed by atoms with Crippen LogP contribution in [0, 0.1) is 11.3 Å². The van der Waals surface area contributed by atoms with Crippen LogP contribution in [0.3, 0.4) is 0 Å². The number of rotatable bonds is 5. The maximum absolute atomic E-state index is 8.92. The fourth-order valence-corrected chi connectivity index (χ4v) is 3.44. The fraction of sp³-hybridized carbons (Fsp3) is 0.227. The number of methoxy groups -OCH3 is 2. The Morgan fingerprint density at radius 3 is 2.41 bits per heavy atom. The van der Waals surface area contributed by atoms with Crippen LogP contribution in [0.15, 0.2) is 48.8 Å². The predicted molar refractivity (Wildman–Crippen MR) is 111 cm³/mol. The average molecular weight is 387 g/mol. The molecular weight excluding hydrogens is 366 g/mol. The van der Waals surface area contributed by atoms with Crippen LogP contribution >= 0.6 is 0 Å². The Morgan fingerprint density at radius 1 is 1.00 bits per heavy atom. The molecule has 0 aliphatic carbocycles. The number of fused-ring (bicyclic) bond motifs is 1. The lowest BCUT2D eigenvalue weighted by molar-refractivity contribution is 0.353. The molecule has 29 heavy (non-hydrogen) atoms. The minimum absolute atomic E-state index is 0.623. The van der Waals surface area contributed by atoms with E-state index in [0.29, 0.717) is 11.4 Å². The second kappa shape index (κ2) is 8.07. The standard InChI is InChI=1S/C22H21N5O2/c1-28-19-9-16-7-8-27(13-17(16)10-20(19)29-2)22-11-21(24-14-25-22)26-18-5-3-15(12-23)4-6-18/h3-6,9-11,14H,7-8,13H2,1-2H3,(H,24,25,26). The van der Waals surface area contributed by atoms with Gasteiger partial charge in [0, 0.05) is 24.8 Å². The zero-order valence-electron chi connectivity index (χ0n) is 16.3. The lowest BCUT2D eigenvalue weighted by atomic mass is 9.99. The quantitative estimate of drug-likeness (QED) is 0.715. The normalized spacial score (nSPS) is 12.7. The van der Waals surface area contributed by atoms with Gasteiger partial charge in [0.15, 0.2) is 11.5 Å². The molecule has 0 unspecified atom stereocenters. The molecule has 1 aliphatic rings. The van der Waals surface area contributed by atoms with Crippen molar-refractivity contribution in [3.05, 3.63) is 65.5 Å². The second-order valence-corrected chi connectivity index (χ2v) is 6.72. The van der Waals surface area contributed by atoms with Crippen molar-refractivity contribution in [1.29, 1.82) is 5.26 Å². The molecule has 2 heterocycles. The van der Waals surface area contributed by atoms with Gasteiger partial charge in [-0.15, -0.1) is 0 Å². The largest absolute Gasteiger partial charge is 0.493 e. The second-order valence-electron chi connectivity index (χ2n) is 6.72. The number of ether oxygens (including phenoxy) is 2. The van der Waals surface area contributed by atoms with Crippen LogP contribution in [0.25, 0.3) is 0 Å². The average Bonchev–Trinajstić information content (AvgIpc) is 2.78. The number of benzene rings is 2. The number of nitrogens with one attached hydrogen (secondary N) is 1. The van der Waals surface area contributed by atoms with Gasteiger partial charge in [-0.3, -0.25) is 0 Å². The zero-order chi connectivity index (χ0) is 20.2. The summed E-state index contributed by atoms with van der Waals surface area (Å²) in [7, 11) is 3.30. The minimum atomic E-state index is 0.623. The van der Waals surface area contributed by atoms with Gasteiger partial charge in [-0.25, -0.2) is 9.97 Å². The van der Waals surface area contributed by atoms with Crippen LogP contribution in [-0.4, -0.2) is 30.7 Å². The van der Waals surface area contributed by atoms with Crippen LogP contribution in [-0.2, 0) is 13.0 Å². The summed E-state index contributed by atoms with van der Waals surface area (Å²) in [6, 6.07) is 15.4. The van der Waals surface area contributed by atoms with Gasteiger partial charge >= 0.3 is 0 Å². The van der Waals surface area contributed by atoms with Gasteiger partial charge < -0.3 is 19.7 Å². The molecule has 0 spiro atoms. The monoisotopic (exact) mass is 387 g/mol. The summed E-state index contributed by atoms with van der Waals surface area (Å²) in [6.07, 6.45) is 2.46. The van der Waals surface area contributed by atoms with Crippen molar-refractivity contribution in [2.75, 3.05) is 31.0 Å². The summed E-state index contributed by atoms with van der Waals surface area (Å²) >= 11 is 0. The van der Waals surface area contributed by atoms with Crippen LogP contribution in [0.5, 0.6) is 11.5 Å². The van der Waals surface area contributed by atoms with E-state index in [-0.39, 0.29) is 0 Å². The molecule has 0 fully saturated rings. The van der Waals surface area contributed by atoms with E-state index in [9.17, 15) is 0 Å². The summed E-state index contributed by atoms with van der Waals surface area (Å²) in [5.74, 6) is 3.06. The number of aromatic nitrogens is 2. The Hall–Kier alpha value is -3.79. The van der Waals surface area contributed by atoms with Gasteiger partial charge in [0.2, 0.25) is 0 Å². The first-order valence-corrected chi connectivity index (χ1v) is 9.28. The molecule has 146 valence electrons. The van der Waals surface area contributed by atoms with E-state index in [1.54, 1.807) is 32.7 Å². The topological polar surface area (TPSA) is 83.3 Å². The molecule has 1 aromatic heterocycles. The Kier molecular flexibility index (Phi) is 5.16. The van der Waals surface area contributed by atoms with Crippen LogP contribution in [0.2, 0.25) is 0 Å². The van der Waals surface area contributed by atoms with Crippen molar-refractivity contribution < 1.29 is 9.47 Å². The van der Waals surface area contributed by atoms with Crippen LogP contribution in [0.1, 0.15) is 16.7 Å². The molecule has 7 heteroatoms. The summed E-state index contributed by atoms with van der Waals surface area (Å²) < 4.78 is 10.9. The molecule has 0 amide bonds. The molecule has 7 nitrogen and oxygen atoms in total. The molecule has 0 bridgehead atoms. The van der Waals surface area contributed by atoms with Gasteiger partial charge in [0.25, 0.3) is 0 Å². The molecule has 4 rings (SSSR count). The van der Waals surface area contributed by atoms with Gasteiger partial charge in [-0.2, -0.15) is 5.26 Å². The molecule has 2 aromatic carbocycles. The molecular formula is C22H21N5O2. The van der Waals surface area contributed by atoms with E-state index in [4.69, 9.17) is 14.7 Å². The Morgan fingerprint density at radius 2 is 1.72 bits per heavy atom. The molecule has 0 saturated heterocycles. The van der Waals surface area contributed by atoms with Crippen molar-refractivity contribution >= 4 is 17.3 Å². The van der Waals surface area contributed by atoms with Crippen molar-refractivity contribution in [3.8, 4) is 17.6 Å². The highest BCUT2D eigenvalue weighted by atomic mass is 16.5. The molecule has 1 N–H and O–H groups in total. The first kappa shape index (κ1) is 18.6. The number of nitrogens with zero attached hydrogens (tertiary/aromatic N) is 4. The maximum Gasteiger partial charge on any atom is 0.161 e. The zero-order valence-corrected chi connectivity index (χ0v) is 16.3. The third kappa shape index (κ3) is 3.92. The SMILES string of the molecule is COc1cc2c(cc1OC)CN(c1cc(Nc3ccc(C#N)cc3)ncn1)CC2. The number of hydrogen-bond acceptors (Lipinski definition) is 7. The third-order valence-corrected chi connectivity index (χ3v) is 4.98. The summed E-state index contributed by atoms with van der Waals surface area (Å²) in [5.41, 5.74) is 3.96. The Bertz CT molecular complexity index is 1060. The van der Waals surface area contributed by atoms with Gasteiger partial charge in [0.1, 0.15) is 18.0 Å². The van der Waals surface area contributed by atoms with E-state index in [2.05, 4.69) is 32.3 Å². The van der Waals surface area contributed by atoms with Crippen molar-refractivity contribution in [2.24, 2.45) is 0 Å². The summed E-state index contributed by atoms with van der Waals surface area (Å²) in [5, 5.41) is 12.2. The van der Waals surface area contributed by atoms with E-state index >= 15 is 0 Å². The maximum atomic E-state index is 8.92. The van der Waals surface area contributed by atoms with Crippen molar-refractivity contribution in [3.63, 3.8) is 0 Å². The van der Waals surface area contributed by atoms with E-state index in [0.717, 1.165) is 42.5 Å². The number of hydrogen-bond donors (Lipinski definition) is 1. The molecule has 3 aromatic rings. The van der Waals surface area contributed by atoms with Gasteiger partial charge in [0.05, 0.1) is 25.9 Å². The van der Waals surface area contributed by atoms with E-state index in [1.165, 1.54) is 11.1 Å². The lowest BCUT2D eigenvalue weighted by Gasteiger charge is -2.30. The van der Waals surface area contributed by atoms with Gasteiger partial charge in [-0.1, -0.05) is 0 Å². The van der Waals surface area contributed by atoms with Gasteiger partial charge in [-0.05, 0) is 53.9 Å². The third-order valence-electron chi connectivity index (χ3n) is 4.98. The highest BCUT2D eigenvalue weighted by Crippen LogP contribution is 2.34. The highest BCUT2D eigenvalue weighted by Gasteiger charge is 2.20. The molecule has 0 saturated carbocycles. The van der Waals surface area contributed by atoms with E-state index in [1.807, 2.05) is 24.3 Å². The summed E-state index contributed by atoms with van der Waals surface area (Å²) in [6.45, 7) is 1.60. The molecule has 1 aliphatic heterocycles. The first-order valence-electron chi connectivity index (χ1n) is 9.28. The Labute approximate surface area is 169 Å². The summed E-state index contributed by atoms with van der Waals surface area (Å²) in [4.78, 5) is 11.0. The fourth-order valence-electron chi connectivity index (χ4n) is 3.44. The minimum Gasteiger partial charge on any atom is -0.493 e. The first-order chi connectivity index (χ1) is 14.2. The predicted octanol–water partition coefficient (Wildman–Crippen LogP) is 3.67. The van der Waals surface area contributed by atoms with Crippen LogP contribution in [0.4, 0.5) is 17.3 Å². The van der Waals surface area contributed by atoms with Crippen molar-refractivity contribution in [2.45, 2.75) is 13.0 Å². The molecule has 0 radical (unpaired) electrons. The number of anilines is 3. The molecule has 0 atom stereocenters. The Balaban J connectivity index is 1.54. The smallest absolute Gasteiger partial charge is 0.161 e.